The van der Waals surface area contributed by atoms with E-state index in [9.17, 15) is 4.79 Å². The minimum absolute atomic E-state index is 0.350. The molecule has 2 rings (SSSR count). The van der Waals surface area contributed by atoms with Crippen LogP contribution in [-0.2, 0) is 0 Å². The molecular weight excluding hydrogens is 242 g/mol. The number of tetrazole rings is 1. The van der Waals surface area contributed by atoms with Crippen LogP contribution in [0, 0.1) is 0 Å². The zero-order chi connectivity index (χ0) is 12.4. The number of benzene rings is 1. The summed E-state index contributed by atoms with van der Waals surface area (Å²) in [6.45, 7) is 0. The first-order chi connectivity index (χ1) is 8.09. The largest absolute Gasteiger partial charge is 0.286 e. The third-order valence-electron chi connectivity index (χ3n) is 2.11. The zero-order valence-electron chi connectivity index (χ0n) is 8.85. The lowest BCUT2D eigenvalue weighted by atomic mass is 10.2. The number of carbonyl (C=O) groups is 1. The fraction of sp³-hybridized carbons (Fsp3) is 0.111. The van der Waals surface area contributed by atoms with Gasteiger partial charge in [0.15, 0.2) is 0 Å². The molecule has 0 atom stereocenters. The van der Waals surface area contributed by atoms with Crippen molar-refractivity contribution in [1.29, 1.82) is 0 Å². The van der Waals surface area contributed by atoms with E-state index in [-0.39, 0.29) is 0 Å². The topological polar surface area (TPSA) is 84.1 Å². The fourth-order valence-electron chi connectivity index (χ4n) is 1.28. The second-order valence-corrected chi connectivity index (χ2v) is 3.67. The molecule has 0 saturated heterocycles. The van der Waals surface area contributed by atoms with Crippen LogP contribution in [0.4, 0.5) is 0 Å². The summed E-state index contributed by atoms with van der Waals surface area (Å²) >= 11 is 4.07. The van der Waals surface area contributed by atoms with Crippen molar-refractivity contribution in [3.05, 3.63) is 29.8 Å². The first-order valence-electron chi connectivity index (χ1n) is 4.64. The summed E-state index contributed by atoms with van der Waals surface area (Å²) in [5.41, 5.74) is 1.05. The summed E-state index contributed by atoms with van der Waals surface area (Å²) in [6.07, 6.45) is 0. The molecule has 0 radical (unpaired) electrons. The maximum absolute atomic E-state index is 11.4. The van der Waals surface area contributed by atoms with Crippen molar-refractivity contribution in [1.82, 2.24) is 25.3 Å². The molecular formula is C9H9N5O2S. The number of rotatable bonds is 2. The van der Waals surface area contributed by atoms with E-state index in [0.29, 0.717) is 21.5 Å². The van der Waals surface area contributed by atoms with Crippen molar-refractivity contribution in [3.63, 3.8) is 0 Å². The molecule has 0 aliphatic heterocycles. The first-order valence-corrected chi connectivity index (χ1v) is 5.09. The predicted octanol–water partition coefficient (Wildman–Crippen LogP) is 0.412. The Morgan fingerprint density at radius 2 is 2.06 bits per heavy atom. The molecule has 0 bridgehead atoms. The van der Waals surface area contributed by atoms with Crippen LogP contribution in [0.2, 0.25) is 0 Å². The van der Waals surface area contributed by atoms with Crippen LogP contribution in [0.1, 0.15) is 10.4 Å². The van der Waals surface area contributed by atoms with Crippen molar-refractivity contribution in [3.8, 4) is 5.69 Å². The van der Waals surface area contributed by atoms with Gasteiger partial charge in [-0.2, -0.15) is 4.68 Å². The normalized spacial score (nSPS) is 10.3. The van der Waals surface area contributed by atoms with Gasteiger partial charge in [0.2, 0.25) is 5.16 Å². The Hall–Kier alpha value is -1.93. The first kappa shape index (κ1) is 11.6. The molecule has 8 heteroatoms. The maximum atomic E-state index is 11.4. The minimum Gasteiger partial charge on any atom is -0.286 e. The van der Waals surface area contributed by atoms with Crippen LogP contribution in [0.15, 0.2) is 29.4 Å². The lowest BCUT2D eigenvalue weighted by Gasteiger charge is -2.08. The minimum atomic E-state index is -0.487. The van der Waals surface area contributed by atoms with Gasteiger partial charge in [0.1, 0.15) is 0 Å². The zero-order valence-corrected chi connectivity index (χ0v) is 9.74. The number of amides is 1. The molecule has 0 aliphatic carbocycles. The number of hydrogen-bond donors (Lipinski definition) is 2. The van der Waals surface area contributed by atoms with Crippen LogP contribution < -0.4 is 0 Å². The number of thiol groups is 1. The molecule has 88 valence electrons. The molecule has 0 aliphatic rings. The average Bonchev–Trinajstić information content (AvgIpc) is 2.74. The Morgan fingerprint density at radius 1 is 1.41 bits per heavy atom. The van der Waals surface area contributed by atoms with Gasteiger partial charge in [0.05, 0.1) is 5.69 Å². The van der Waals surface area contributed by atoms with Crippen LogP contribution >= 0.6 is 12.6 Å². The standard InChI is InChI=1S/C9H9N5O2S/c1-13(16)8(15)6-2-4-7(5-3-6)14-9(17)10-11-12-14/h2-5,16H,1H3,(H,10,12,17). The van der Waals surface area contributed by atoms with Gasteiger partial charge in [-0.3, -0.25) is 10.0 Å². The molecule has 7 nitrogen and oxygen atoms in total. The van der Waals surface area contributed by atoms with Gasteiger partial charge in [-0.15, -0.1) is 17.7 Å². The van der Waals surface area contributed by atoms with Crippen molar-refractivity contribution in [2.24, 2.45) is 0 Å². The molecule has 1 aromatic heterocycles. The van der Waals surface area contributed by atoms with E-state index in [0.717, 1.165) is 0 Å². The summed E-state index contributed by atoms with van der Waals surface area (Å²) in [4.78, 5) is 11.4. The molecule has 2 aromatic rings. The second kappa shape index (κ2) is 4.52. The Balaban J connectivity index is 2.31. The van der Waals surface area contributed by atoms with Crippen molar-refractivity contribution in [2.75, 3.05) is 7.05 Å². The van der Waals surface area contributed by atoms with Gasteiger partial charge in [0.25, 0.3) is 5.91 Å². The number of hydrogen-bond acceptors (Lipinski definition) is 6. The molecule has 0 fully saturated rings. The van der Waals surface area contributed by atoms with E-state index in [4.69, 9.17) is 5.21 Å². The highest BCUT2D eigenvalue weighted by Gasteiger charge is 2.10. The van der Waals surface area contributed by atoms with Gasteiger partial charge >= 0.3 is 0 Å². The summed E-state index contributed by atoms with van der Waals surface area (Å²) in [7, 11) is 1.27. The molecule has 1 aromatic carbocycles. The molecule has 17 heavy (non-hydrogen) atoms. The maximum Gasteiger partial charge on any atom is 0.276 e. The van der Waals surface area contributed by atoms with Gasteiger partial charge in [0, 0.05) is 12.6 Å². The highest BCUT2D eigenvalue weighted by Crippen LogP contribution is 2.12. The van der Waals surface area contributed by atoms with Gasteiger partial charge in [-0.25, -0.2) is 5.06 Å². The Labute approximate surface area is 102 Å². The van der Waals surface area contributed by atoms with E-state index in [1.807, 2.05) is 0 Å². The lowest BCUT2D eigenvalue weighted by Crippen LogP contribution is -2.22. The fourth-order valence-corrected chi connectivity index (χ4v) is 1.48. The van der Waals surface area contributed by atoms with Crippen LogP contribution in [0.3, 0.4) is 0 Å². The van der Waals surface area contributed by atoms with E-state index in [1.54, 1.807) is 24.3 Å². The molecule has 1 amide bonds. The number of aromatic nitrogens is 4. The van der Waals surface area contributed by atoms with Gasteiger partial charge < -0.3 is 0 Å². The molecule has 1 N–H and O–H groups in total. The molecule has 0 saturated carbocycles. The Morgan fingerprint density at radius 3 is 2.53 bits per heavy atom. The van der Waals surface area contributed by atoms with E-state index in [1.165, 1.54) is 11.7 Å². The number of hydroxylamine groups is 2. The third-order valence-corrected chi connectivity index (χ3v) is 2.38. The van der Waals surface area contributed by atoms with E-state index in [2.05, 4.69) is 28.2 Å². The Kier molecular flexibility index (Phi) is 3.07. The summed E-state index contributed by atoms with van der Waals surface area (Å²) in [5, 5.41) is 20.7. The summed E-state index contributed by atoms with van der Waals surface area (Å²) < 4.78 is 1.42. The molecule has 0 spiro atoms. The summed E-state index contributed by atoms with van der Waals surface area (Å²) in [5.74, 6) is -0.487. The highest BCUT2D eigenvalue weighted by atomic mass is 32.1. The van der Waals surface area contributed by atoms with E-state index >= 15 is 0 Å². The van der Waals surface area contributed by atoms with Crippen LogP contribution in [-0.4, -0.2) is 43.4 Å². The Bertz CT molecular complexity index is 537. The molecule has 1 heterocycles. The quantitative estimate of drug-likeness (QED) is 0.459. The van der Waals surface area contributed by atoms with Crippen molar-refractivity contribution in [2.45, 2.75) is 5.16 Å². The highest BCUT2D eigenvalue weighted by molar-refractivity contribution is 7.80. The van der Waals surface area contributed by atoms with E-state index < -0.39 is 5.91 Å². The van der Waals surface area contributed by atoms with Crippen molar-refractivity contribution >= 4 is 18.5 Å². The number of nitrogens with zero attached hydrogens (tertiary/aromatic N) is 5. The summed E-state index contributed by atoms with van der Waals surface area (Å²) in [6, 6.07) is 6.46. The average molecular weight is 251 g/mol. The van der Waals surface area contributed by atoms with Crippen molar-refractivity contribution < 1.29 is 10.0 Å². The van der Waals surface area contributed by atoms with Gasteiger partial charge in [-0.05, 0) is 34.7 Å². The number of carbonyl (C=O) groups excluding carboxylic acids is 1. The monoisotopic (exact) mass is 251 g/mol. The predicted molar refractivity (Wildman–Crippen MR) is 60.3 cm³/mol. The SMILES string of the molecule is CN(O)C(=O)c1ccc(-n2nnnc2S)cc1. The van der Waals surface area contributed by atoms with Crippen LogP contribution in [0.25, 0.3) is 5.69 Å². The van der Waals surface area contributed by atoms with Crippen LogP contribution in [0.5, 0.6) is 0 Å². The third kappa shape index (κ3) is 2.27. The smallest absolute Gasteiger partial charge is 0.276 e. The second-order valence-electron chi connectivity index (χ2n) is 3.27. The van der Waals surface area contributed by atoms with Gasteiger partial charge in [-0.1, -0.05) is 0 Å². The molecule has 0 unspecified atom stereocenters. The lowest BCUT2D eigenvalue weighted by molar-refractivity contribution is -0.0374.